The van der Waals surface area contributed by atoms with Gasteiger partial charge in [-0.2, -0.15) is 13.2 Å². The Morgan fingerprint density at radius 1 is 1.18 bits per heavy atom. The summed E-state index contributed by atoms with van der Waals surface area (Å²) in [6.45, 7) is 4.19. The molecule has 1 rings (SSSR count). The Bertz CT molecular complexity index is 288. The fraction of sp³-hybridized carbons (Fsp3) is 0.417. The molecule has 0 saturated heterocycles. The van der Waals surface area contributed by atoms with Crippen LogP contribution in [0.4, 0.5) is 13.2 Å². The van der Waals surface area contributed by atoms with Crippen LogP contribution in [0.15, 0.2) is 30.3 Å². The molecule has 0 aliphatic rings. The second-order valence-corrected chi connectivity index (χ2v) is 2.84. The van der Waals surface area contributed by atoms with E-state index in [9.17, 15) is 18.0 Å². The van der Waals surface area contributed by atoms with E-state index in [1.54, 1.807) is 12.1 Å². The van der Waals surface area contributed by atoms with Gasteiger partial charge in [0.05, 0.1) is 6.42 Å². The zero-order valence-electron chi connectivity index (χ0n) is 10.1. The normalized spacial score (nSPS) is 9.29. The lowest BCUT2D eigenvalue weighted by molar-refractivity contribution is -0.136. The fourth-order valence-corrected chi connectivity index (χ4v) is 0.770. The number of hydrogen-bond acceptors (Lipinski definition) is 1. The minimum absolute atomic E-state index is 0.112. The fourth-order valence-electron chi connectivity index (χ4n) is 0.770. The van der Waals surface area contributed by atoms with Crippen molar-refractivity contribution in [2.45, 2.75) is 33.4 Å². The van der Waals surface area contributed by atoms with Gasteiger partial charge in [-0.15, -0.1) is 0 Å². The van der Waals surface area contributed by atoms with Crippen molar-refractivity contribution in [3.05, 3.63) is 35.9 Å². The van der Waals surface area contributed by atoms with Crippen molar-refractivity contribution in [1.82, 2.24) is 0 Å². The third kappa shape index (κ3) is 20.5. The molecule has 0 saturated carbocycles. The van der Waals surface area contributed by atoms with Crippen LogP contribution in [0.25, 0.3) is 0 Å². The highest BCUT2D eigenvalue weighted by molar-refractivity contribution is 5.70. The summed E-state index contributed by atoms with van der Waals surface area (Å²) in [6.07, 6.45) is -3.89. The molecule has 0 aliphatic heterocycles. The first-order chi connectivity index (χ1) is 7.79. The number of carboxylic acid groups (broad SMARTS) is 1. The lowest BCUT2D eigenvalue weighted by Crippen LogP contribution is -1.98. The molecule has 0 heterocycles. The molecule has 0 unspecified atom stereocenters. The molecule has 5 heteroatoms. The summed E-state index contributed by atoms with van der Waals surface area (Å²) in [5, 5.41) is 8.37. The van der Waals surface area contributed by atoms with E-state index in [4.69, 9.17) is 5.11 Å². The molecule has 0 aliphatic carbocycles. The molecular weight excluding hydrogens is 233 g/mol. The Kier molecular flexibility index (Phi) is 10.2. The first-order valence-electron chi connectivity index (χ1n) is 5.11. The lowest BCUT2D eigenvalue weighted by atomic mass is 10.2. The van der Waals surface area contributed by atoms with Crippen molar-refractivity contribution < 1.29 is 23.1 Å². The van der Waals surface area contributed by atoms with Crippen molar-refractivity contribution in [1.29, 1.82) is 0 Å². The predicted octanol–water partition coefficient (Wildman–Crippen LogP) is 3.91. The third-order valence-electron chi connectivity index (χ3n) is 1.20. The summed E-state index contributed by atoms with van der Waals surface area (Å²) in [5.41, 5.74) is 0.843. The molecule has 0 amide bonds. The average Bonchev–Trinajstić information content (AvgIpc) is 2.19. The highest BCUT2D eigenvalue weighted by Crippen LogP contribution is 2.10. The summed E-state index contributed by atoms with van der Waals surface area (Å²) >= 11 is 0. The van der Waals surface area contributed by atoms with Gasteiger partial charge in [0.2, 0.25) is 0 Å². The van der Waals surface area contributed by atoms with Crippen LogP contribution in [0.2, 0.25) is 0 Å². The largest absolute Gasteiger partial charge is 0.481 e. The lowest BCUT2D eigenvalue weighted by Gasteiger charge is -1.92. The molecule has 0 radical (unpaired) electrons. The van der Waals surface area contributed by atoms with E-state index in [0.717, 1.165) is 5.56 Å². The Morgan fingerprint density at radius 3 is 1.82 bits per heavy atom. The standard InChI is InChI=1S/C8H8O2.C2H3F3.C2H6/c9-8(10)6-7-4-2-1-3-5-7;1-2(3,4)5;1-2/h1-5H,6H2,(H,9,10);1H3;1-2H3. The van der Waals surface area contributed by atoms with Gasteiger partial charge in [0.25, 0.3) is 0 Å². The van der Waals surface area contributed by atoms with Crippen molar-refractivity contribution in [3.63, 3.8) is 0 Å². The maximum atomic E-state index is 10.4. The van der Waals surface area contributed by atoms with Crippen molar-refractivity contribution in [2.24, 2.45) is 0 Å². The van der Waals surface area contributed by atoms with E-state index in [2.05, 4.69) is 0 Å². The maximum absolute atomic E-state index is 10.4. The van der Waals surface area contributed by atoms with Gasteiger partial charge in [0, 0.05) is 6.92 Å². The van der Waals surface area contributed by atoms with Gasteiger partial charge in [0.1, 0.15) is 0 Å². The SMILES string of the molecule is CC.CC(F)(F)F.O=C(O)Cc1ccccc1. The molecule has 1 N–H and O–H groups in total. The van der Waals surface area contributed by atoms with Crippen molar-refractivity contribution in [3.8, 4) is 0 Å². The van der Waals surface area contributed by atoms with Crippen LogP contribution in [0.5, 0.6) is 0 Å². The van der Waals surface area contributed by atoms with Gasteiger partial charge < -0.3 is 5.11 Å². The van der Waals surface area contributed by atoms with Crippen molar-refractivity contribution in [2.75, 3.05) is 0 Å². The number of halogens is 3. The van der Waals surface area contributed by atoms with E-state index in [1.807, 2.05) is 32.0 Å². The molecular formula is C12H17F3O2. The van der Waals surface area contributed by atoms with Crippen LogP contribution in [0, 0.1) is 0 Å². The first-order valence-corrected chi connectivity index (χ1v) is 5.11. The Morgan fingerprint density at radius 2 is 1.53 bits per heavy atom. The minimum atomic E-state index is -4.00. The maximum Gasteiger partial charge on any atom is 0.386 e. The van der Waals surface area contributed by atoms with Crippen molar-refractivity contribution >= 4 is 5.97 Å². The first kappa shape index (κ1) is 17.9. The van der Waals surface area contributed by atoms with Gasteiger partial charge in [0.15, 0.2) is 0 Å². The smallest absolute Gasteiger partial charge is 0.386 e. The van der Waals surface area contributed by atoms with Crippen LogP contribution < -0.4 is 0 Å². The number of carboxylic acids is 1. The zero-order chi connectivity index (χ0) is 13.9. The zero-order valence-corrected chi connectivity index (χ0v) is 10.1. The number of carbonyl (C=O) groups is 1. The van der Waals surface area contributed by atoms with Crippen LogP contribution >= 0.6 is 0 Å². The average molecular weight is 250 g/mol. The molecule has 0 atom stereocenters. The van der Waals surface area contributed by atoms with E-state index < -0.39 is 12.1 Å². The van der Waals surface area contributed by atoms with E-state index in [-0.39, 0.29) is 13.3 Å². The van der Waals surface area contributed by atoms with E-state index in [1.165, 1.54) is 0 Å². The van der Waals surface area contributed by atoms with E-state index in [0.29, 0.717) is 0 Å². The number of aliphatic carboxylic acids is 1. The Labute approximate surface area is 99.1 Å². The van der Waals surface area contributed by atoms with Gasteiger partial charge >= 0.3 is 12.1 Å². The van der Waals surface area contributed by atoms with Crippen LogP contribution in [-0.4, -0.2) is 17.3 Å². The van der Waals surface area contributed by atoms with Crippen LogP contribution in [0.3, 0.4) is 0 Å². The summed E-state index contributed by atoms with van der Waals surface area (Å²) < 4.78 is 31.1. The molecule has 0 fully saturated rings. The van der Waals surface area contributed by atoms with E-state index >= 15 is 0 Å². The summed E-state index contributed by atoms with van der Waals surface area (Å²) in [7, 11) is 0. The Balaban J connectivity index is 0. The minimum Gasteiger partial charge on any atom is -0.481 e. The molecule has 0 spiro atoms. The second-order valence-electron chi connectivity index (χ2n) is 2.84. The monoisotopic (exact) mass is 250 g/mol. The van der Waals surface area contributed by atoms with Gasteiger partial charge in [-0.25, -0.2) is 0 Å². The molecule has 1 aromatic rings. The van der Waals surface area contributed by atoms with Crippen LogP contribution in [-0.2, 0) is 11.2 Å². The molecule has 1 aromatic carbocycles. The number of hydrogen-bond donors (Lipinski definition) is 1. The topological polar surface area (TPSA) is 37.3 Å². The second kappa shape index (κ2) is 9.69. The highest BCUT2D eigenvalue weighted by Gasteiger charge is 2.15. The third-order valence-corrected chi connectivity index (χ3v) is 1.20. The van der Waals surface area contributed by atoms with Gasteiger partial charge in [-0.1, -0.05) is 44.2 Å². The summed E-state index contributed by atoms with van der Waals surface area (Å²) in [6, 6.07) is 9.13. The number of benzene rings is 1. The quantitative estimate of drug-likeness (QED) is 0.864. The predicted molar refractivity (Wildman–Crippen MR) is 60.9 cm³/mol. The molecule has 0 bridgehead atoms. The molecule has 0 aromatic heterocycles. The summed E-state index contributed by atoms with van der Waals surface area (Å²) in [5.74, 6) is -0.786. The number of alkyl halides is 3. The molecule has 17 heavy (non-hydrogen) atoms. The van der Waals surface area contributed by atoms with Crippen LogP contribution in [0.1, 0.15) is 26.3 Å². The van der Waals surface area contributed by atoms with Gasteiger partial charge in [-0.05, 0) is 5.56 Å². The Hall–Kier alpha value is -1.52. The summed E-state index contributed by atoms with van der Waals surface area (Å²) in [4.78, 5) is 10.2. The molecule has 2 nitrogen and oxygen atoms in total. The molecule has 98 valence electrons. The number of rotatable bonds is 2. The highest BCUT2D eigenvalue weighted by atomic mass is 19.4. The van der Waals surface area contributed by atoms with Gasteiger partial charge in [-0.3, -0.25) is 4.79 Å².